The van der Waals surface area contributed by atoms with Crippen LogP contribution in [0.1, 0.15) is 5.56 Å². The molecule has 0 N–H and O–H groups in total. The van der Waals surface area contributed by atoms with Crippen molar-refractivity contribution in [1.82, 2.24) is 4.98 Å². The van der Waals surface area contributed by atoms with Crippen molar-refractivity contribution in [2.24, 2.45) is 0 Å². The molecule has 0 aliphatic heterocycles. The second kappa shape index (κ2) is 4.43. The molecule has 0 bridgehead atoms. The molecule has 96 valence electrons. The van der Waals surface area contributed by atoms with Gasteiger partial charge in [-0.1, -0.05) is 18.2 Å². The summed E-state index contributed by atoms with van der Waals surface area (Å²) in [6.45, 7) is 2.07. The van der Waals surface area contributed by atoms with E-state index in [9.17, 15) is 0 Å². The average molecular weight is 253 g/mol. The van der Waals surface area contributed by atoms with E-state index in [0.717, 1.165) is 33.2 Å². The van der Waals surface area contributed by atoms with Gasteiger partial charge in [0.05, 0.1) is 19.7 Å². The van der Waals surface area contributed by atoms with Gasteiger partial charge >= 0.3 is 0 Å². The fraction of sp³-hybridized carbons (Fsp3) is 0.188. The third-order valence-corrected chi connectivity index (χ3v) is 3.42. The van der Waals surface area contributed by atoms with Crippen LogP contribution in [0.5, 0.6) is 11.5 Å². The summed E-state index contributed by atoms with van der Waals surface area (Å²) in [6.07, 6.45) is 1.88. The summed E-state index contributed by atoms with van der Waals surface area (Å²) in [5.74, 6) is 1.47. The predicted octanol–water partition coefficient (Wildman–Crippen LogP) is 3.71. The Morgan fingerprint density at radius 3 is 2.42 bits per heavy atom. The number of nitrogens with zero attached hydrogens (tertiary/aromatic N) is 1. The third kappa shape index (κ3) is 1.78. The lowest BCUT2D eigenvalue weighted by atomic mass is 10.0. The molecule has 3 nitrogen and oxygen atoms in total. The van der Waals surface area contributed by atoms with Gasteiger partial charge in [0, 0.05) is 17.0 Å². The molecule has 1 heterocycles. The smallest absolute Gasteiger partial charge is 0.161 e. The molecule has 1 aromatic heterocycles. The zero-order chi connectivity index (χ0) is 13.4. The number of aryl methyl sites for hydroxylation is 1. The highest BCUT2D eigenvalue weighted by atomic mass is 16.5. The van der Waals surface area contributed by atoms with Gasteiger partial charge < -0.3 is 9.47 Å². The van der Waals surface area contributed by atoms with E-state index in [1.54, 1.807) is 14.2 Å². The molecule has 3 rings (SSSR count). The summed E-state index contributed by atoms with van der Waals surface area (Å²) < 4.78 is 10.7. The van der Waals surface area contributed by atoms with Crippen LogP contribution in [0.2, 0.25) is 0 Å². The maximum atomic E-state index is 5.38. The molecule has 19 heavy (non-hydrogen) atoms. The molecule has 0 fully saturated rings. The molecular weight excluding hydrogens is 238 g/mol. The number of para-hydroxylation sites is 1. The summed E-state index contributed by atoms with van der Waals surface area (Å²) >= 11 is 0. The van der Waals surface area contributed by atoms with Crippen molar-refractivity contribution in [1.29, 1.82) is 0 Å². The summed E-state index contributed by atoms with van der Waals surface area (Å²) in [5, 5.41) is 3.32. The molecule has 3 heteroatoms. The Morgan fingerprint density at radius 1 is 0.947 bits per heavy atom. The largest absolute Gasteiger partial charge is 0.493 e. The predicted molar refractivity (Wildman–Crippen MR) is 77.1 cm³/mol. The van der Waals surface area contributed by atoms with E-state index < -0.39 is 0 Å². The Bertz CT molecular complexity index is 765. The number of fused-ring (bicyclic) bond motifs is 3. The Morgan fingerprint density at radius 2 is 1.68 bits per heavy atom. The minimum absolute atomic E-state index is 0.726. The van der Waals surface area contributed by atoms with E-state index in [4.69, 9.17) is 9.47 Å². The van der Waals surface area contributed by atoms with Crippen LogP contribution in [-0.4, -0.2) is 19.2 Å². The van der Waals surface area contributed by atoms with Crippen LogP contribution in [-0.2, 0) is 0 Å². The zero-order valence-electron chi connectivity index (χ0n) is 11.2. The first-order chi connectivity index (χ1) is 9.24. The number of hydrogen-bond donors (Lipinski definition) is 0. The first-order valence-corrected chi connectivity index (χ1v) is 6.14. The van der Waals surface area contributed by atoms with Gasteiger partial charge in [-0.05, 0) is 30.0 Å². The maximum Gasteiger partial charge on any atom is 0.161 e. The molecular formula is C16H15NO2. The second-order valence-electron chi connectivity index (χ2n) is 4.52. The standard InChI is InChI=1S/C16H15NO2/c1-10-5-4-6-12-13-8-15(19-3)14(18-2)7-11(13)9-17-16(10)12/h4-9H,1-3H3. The number of pyridine rings is 1. The topological polar surface area (TPSA) is 31.4 Å². The monoisotopic (exact) mass is 253 g/mol. The fourth-order valence-electron chi connectivity index (χ4n) is 2.42. The highest BCUT2D eigenvalue weighted by Crippen LogP contribution is 2.35. The van der Waals surface area contributed by atoms with Crippen LogP contribution in [0.4, 0.5) is 0 Å². The maximum absolute atomic E-state index is 5.38. The van der Waals surface area contributed by atoms with E-state index in [1.165, 1.54) is 5.56 Å². The Labute approximate surface area is 111 Å². The van der Waals surface area contributed by atoms with Crippen LogP contribution < -0.4 is 9.47 Å². The molecule has 0 aliphatic carbocycles. The van der Waals surface area contributed by atoms with Gasteiger partial charge in [-0.3, -0.25) is 4.98 Å². The van der Waals surface area contributed by atoms with Gasteiger partial charge in [0.1, 0.15) is 0 Å². The molecule has 0 unspecified atom stereocenters. The molecule has 0 spiro atoms. The molecule has 0 aliphatic rings. The molecule has 0 radical (unpaired) electrons. The van der Waals surface area contributed by atoms with E-state index in [-0.39, 0.29) is 0 Å². The lowest BCUT2D eigenvalue weighted by molar-refractivity contribution is 0.356. The number of aromatic nitrogens is 1. The quantitative estimate of drug-likeness (QED) is 0.652. The summed E-state index contributed by atoms with van der Waals surface area (Å²) in [7, 11) is 3.29. The minimum Gasteiger partial charge on any atom is -0.493 e. The van der Waals surface area contributed by atoms with Crippen molar-refractivity contribution in [2.45, 2.75) is 6.92 Å². The van der Waals surface area contributed by atoms with Crippen molar-refractivity contribution < 1.29 is 9.47 Å². The van der Waals surface area contributed by atoms with Crippen LogP contribution in [0, 0.1) is 6.92 Å². The van der Waals surface area contributed by atoms with E-state index in [1.807, 2.05) is 18.3 Å². The first-order valence-electron chi connectivity index (χ1n) is 6.14. The number of hydrogen-bond acceptors (Lipinski definition) is 3. The van der Waals surface area contributed by atoms with Gasteiger partial charge in [0.15, 0.2) is 11.5 Å². The van der Waals surface area contributed by atoms with Crippen molar-refractivity contribution in [3.8, 4) is 11.5 Å². The molecule has 0 atom stereocenters. The molecule has 3 aromatic rings. The van der Waals surface area contributed by atoms with Crippen molar-refractivity contribution in [3.05, 3.63) is 42.1 Å². The van der Waals surface area contributed by atoms with Crippen molar-refractivity contribution >= 4 is 21.7 Å². The molecule has 0 saturated carbocycles. The van der Waals surface area contributed by atoms with E-state index in [2.05, 4.69) is 30.1 Å². The lowest BCUT2D eigenvalue weighted by Crippen LogP contribution is -1.92. The van der Waals surface area contributed by atoms with Crippen LogP contribution in [0.25, 0.3) is 21.7 Å². The fourth-order valence-corrected chi connectivity index (χ4v) is 2.42. The van der Waals surface area contributed by atoms with E-state index >= 15 is 0 Å². The number of methoxy groups -OCH3 is 2. The third-order valence-electron chi connectivity index (χ3n) is 3.42. The SMILES string of the molecule is COc1cc2cnc3c(C)cccc3c2cc1OC. The molecule has 0 saturated heterocycles. The number of rotatable bonds is 2. The zero-order valence-corrected chi connectivity index (χ0v) is 11.2. The van der Waals surface area contributed by atoms with Gasteiger partial charge in [-0.15, -0.1) is 0 Å². The van der Waals surface area contributed by atoms with Gasteiger partial charge in [0.25, 0.3) is 0 Å². The summed E-state index contributed by atoms with van der Waals surface area (Å²) in [4.78, 5) is 4.54. The summed E-state index contributed by atoms with van der Waals surface area (Å²) in [5.41, 5.74) is 2.21. The molecule has 2 aromatic carbocycles. The van der Waals surface area contributed by atoms with Crippen LogP contribution in [0.3, 0.4) is 0 Å². The van der Waals surface area contributed by atoms with Crippen LogP contribution in [0.15, 0.2) is 36.5 Å². The van der Waals surface area contributed by atoms with Crippen molar-refractivity contribution in [2.75, 3.05) is 14.2 Å². The number of ether oxygens (including phenoxy) is 2. The Balaban J connectivity index is 2.45. The Hall–Kier alpha value is -2.29. The summed E-state index contributed by atoms with van der Waals surface area (Å²) in [6, 6.07) is 10.2. The first kappa shape index (κ1) is 11.8. The van der Waals surface area contributed by atoms with Gasteiger partial charge in [0.2, 0.25) is 0 Å². The Kier molecular flexibility index (Phi) is 2.75. The minimum atomic E-state index is 0.726. The van der Waals surface area contributed by atoms with Crippen LogP contribution >= 0.6 is 0 Å². The lowest BCUT2D eigenvalue weighted by Gasteiger charge is -2.11. The van der Waals surface area contributed by atoms with Gasteiger partial charge in [-0.25, -0.2) is 0 Å². The number of benzene rings is 2. The average Bonchev–Trinajstić information content (AvgIpc) is 2.45. The second-order valence-corrected chi connectivity index (χ2v) is 4.52. The van der Waals surface area contributed by atoms with Gasteiger partial charge in [-0.2, -0.15) is 0 Å². The normalized spacial score (nSPS) is 10.9. The highest BCUT2D eigenvalue weighted by molar-refractivity contribution is 6.07. The highest BCUT2D eigenvalue weighted by Gasteiger charge is 2.09. The molecule has 0 amide bonds. The van der Waals surface area contributed by atoms with E-state index in [0.29, 0.717) is 0 Å². The van der Waals surface area contributed by atoms with Crippen molar-refractivity contribution in [3.63, 3.8) is 0 Å².